The first kappa shape index (κ1) is 38.8. The molecule has 0 aliphatic carbocycles. The summed E-state index contributed by atoms with van der Waals surface area (Å²) in [6.45, 7) is 5.19. The first-order chi connectivity index (χ1) is 16.4. The van der Waals surface area contributed by atoms with E-state index in [4.69, 9.17) is 16.4 Å². The quantitative estimate of drug-likeness (QED) is 0.272. The molecule has 0 N–H and O–H groups in total. The molecule has 0 fully saturated rings. The van der Waals surface area contributed by atoms with Gasteiger partial charge in [-0.1, -0.05) is 38.9 Å². The van der Waals surface area contributed by atoms with Crippen molar-refractivity contribution in [3.63, 3.8) is 0 Å². The van der Waals surface area contributed by atoms with E-state index in [1.165, 1.54) is 26.0 Å². The van der Waals surface area contributed by atoms with E-state index in [0.29, 0.717) is 5.56 Å². The number of aromatic nitrogens is 2. The third kappa shape index (κ3) is 20.0. The summed E-state index contributed by atoms with van der Waals surface area (Å²) >= 11 is 5.39. The van der Waals surface area contributed by atoms with Gasteiger partial charge in [-0.05, 0) is 38.5 Å². The first-order valence-electron chi connectivity index (χ1n) is 9.86. The third-order valence-electron chi connectivity index (χ3n) is 2.99. The molecule has 1 heterocycles. The number of alkyl halides is 9. The lowest BCUT2D eigenvalue weighted by molar-refractivity contribution is -0.154. The van der Waals surface area contributed by atoms with Gasteiger partial charge in [0.1, 0.15) is 12.1 Å². The fourth-order valence-corrected chi connectivity index (χ4v) is 2.17. The summed E-state index contributed by atoms with van der Waals surface area (Å²) < 4.78 is 116. The molecule has 0 aliphatic rings. The van der Waals surface area contributed by atoms with Crippen molar-refractivity contribution < 1.29 is 53.8 Å². The maximum Gasteiger partial charge on any atom is 0.422 e. The standard InChI is InChI=1S/C9H8F6N2O2.C8H6ClF3.C2H4O.C2H6.CH4/c1-5-16-6(18-3-8(10,11)12)2-7(17-5)19-4-9(13,14)15;1-5-2-3-6(7(9)4-5)8(10,11)12;1-2-3;1-2;/h2H,3-4H2,1H3;2-4H,1H3;2H,1H3;1-2H3;1H4. The molecular weight excluding hydrogens is 547 g/mol. The highest BCUT2D eigenvalue weighted by Crippen LogP contribution is 2.34. The number of aryl methyl sites for hydroxylation is 2. The van der Waals surface area contributed by atoms with Gasteiger partial charge >= 0.3 is 18.5 Å². The van der Waals surface area contributed by atoms with Gasteiger partial charge < -0.3 is 14.3 Å². The molecule has 37 heavy (non-hydrogen) atoms. The monoisotopic (exact) mass is 574 g/mol. The molecule has 0 saturated heterocycles. The summed E-state index contributed by atoms with van der Waals surface area (Å²) in [7, 11) is 0. The molecule has 1 aromatic heterocycles. The highest BCUT2D eigenvalue weighted by Gasteiger charge is 2.33. The predicted octanol–water partition coefficient (Wildman–Crippen LogP) is 8.20. The molecular formula is C22H28ClF9N2O3. The summed E-state index contributed by atoms with van der Waals surface area (Å²) in [4.78, 5) is 15.8. The van der Waals surface area contributed by atoms with Gasteiger partial charge in [0, 0.05) is 0 Å². The Labute approximate surface area is 214 Å². The van der Waals surface area contributed by atoms with Crippen LogP contribution in [0.5, 0.6) is 11.8 Å². The number of ether oxygens (including phenoxy) is 2. The maximum atomic E-state index is 12.1. The molecule has 2 rings (SSSR count). The number of benzene rings is 1. The van der Waals surface area contributed by atoms with Crippen LogP contribution in [0.4, 0.5) is 39.5 Å². The van der Waals surface area contributed by atoms with Crippen LogP contribution in [0.15, 0.2) is 24.3 Å². The predicted molar refractivity (Wildman–Crippen MR) is 121 cm³/mol. The van der Waals surface area contributed by atoms with Crippen molar-refractivity contribution in [3.05, 3.63) is 46.2 Å². The minimum Gasteiger partial charge on any atom is -0.468 e. The smallest absolute Gasteiger partial charge is 0.422 e. The molecule has 214 valence electrons. The van der Waals surface area contributed by atoms with Crippen LogP contribution in [0.2, 0.25) is 5.02 Å². The molecule has 0 saturated carbocycles. The van der Waals surface area contributed by atoms with Gasteiger partial charge in [0.25, 0.3) is 0 Å². The van der Waals surface area contributed by atoms with Crippen molar-refractivity contribution in [3.8, 4) is 11.8 Å². The van der Waals surface area contributed by atoms with Crippen LogP contribution < -0.4 is 9.47 Å². The van der Waals surface area contributed by atoms with Crippen LogP contribution in [-0.2, 0) is 11.0 Å². The van der Waals surface area contributed by atoms with Crippen LogP contribution >= 0.6 is 11.6 Å². The van der Waals surface area contributed by atoms with Gasteiger partial charge in [0.05, 0.1) is 16.7 Å². The highest BCUT2D eigenvalue weighted by molar-refractivity contribution is 6.31. The minimum atomic E-state index is -4.58. The second-order valence-corrected chi connectivity index (χ2v) is 6.52. The van der Waals surface area contributed by atoms with Crippen molar-refractivity contribution in [2.24, 2.45) is 0 Å². The normalized spacial score (nSPS) is 10.7. The topological polar surface area (TPSA) is 61.3 Å². The average molecular weight is 575 g/mol. The Morgan fingerprint density at radius 3 is 1.51 bits per heavy atom. The van der Waals surface area contributed by atoms with Crippen LogP contribution in [0.25, 0.3) is 0 Å². The molecule has 0 bridgehead atoms. The highest BCUT2D eigenvalue weighted by atomic mass is 35.5. The average Bonchev–Trinajstić information content (AvgIpc) is 2.71. The van der Waals surface area contributed by atoms with E-state index in [2.05, 4.69) is 19.4 Å². The van der Waals surface area contributed by atoms with Crippen molar-refractivity contribution >= 4 is 17.9 Å². The van der Waals surface area contributed by atoms with Gasteiger partial charge in [0.15, 0.2) is 13.2 Å². The van der Waals surface area contributed by atoms with Gasteiger partial charge in [-0.2, -0.15) is 49.5 Å². The van der Waals surface area contributed by atoms with Crippen LogP contribution in [-0.4, -0.2) is 41.8 Å². The zero-order valence-electron chi connectivity index (χ0n) is 19.7. The number of hydrogen-bond donors (Lipinski definition) is 0. The Hall–Kier alpha value is -2.77. The van der Waals surface area contributed by atoms with Crippen LogP contribution in [0.3, 0.4) is 0 Å². The summed E-state index contributed by atoms with van der Waals surface area (Å²) in [5.74, 6) is -1.10. The Kier molecular flexibility index (Phi) is 18.5. The Morgan fingerprint density at radius 2 is 1.22 bits per heavy atom. The van der Waals surface area contributed by atoms with E-state index in [9.17, 15) is 39.5 Å². The largest absolute Gasteiger partial charge is 0.468 e. The maximum absolute atomic E-state index is 12.1. The van der Waals surface area contributed by atoms with Gasteiger partial charge in [-0.15, -0.1) is 0 Å². The fraction of sp³-hybridized carbons (Fsp3) is 0.500. The molecule has 0 amide bonds. The van der Waals surface area contributed by atoms with E-state index < -0.39 is 49.1 Å². The van der Waals surface area contributed by atoms with Crippen molar-refractivity contribution in [2.45, 2.75) is 60.6 Å². The number of halogens is 10. The lowest BCUT2D eigenvalue weighted by Crippen LogP contribution is -2.21. The molecule has 0 radical (unpaired) electrons. The molecule has 0 unspecified atom stereocenters. The van der Waals surface area contributed by atoms with Crippen molar-refractivity contribution in [2.75, 3.05) is 13.2 Å². The second kappa shape index (κ2) is 17.6. The van der Waals surface area contributed by atoms with Gasteiger partial charge in [0.2, 0.25) is 11.8 Å². The van der Waals surface area contributed by atoms with E-state index in [1.807, 2.05) is 13.8 Å². The Bertz CT molecular complexity index is 883. The molecule has 5 nitrogen and oxygen atoms in total. The van der Waals surface area contributed by atoms with E-state index in [-0.39, 0.29) is 18.3 Å². The first-order valence-corrected chi connectivity index (χ1v) is 10.2. The molecule has 15 heteroatoms. The van der Waals surface area contributed by atoms with Gasteiger partial charge in [-0.25, -0.2) is 0 Å². The molecule has 1 aromatic carbocycles. The van der Waals surface area contributed by atoms with E-state index in [0.717, 1.165) is 18.4 Å². The van der Waals surface area contributed by atoms with E-state index >= 15 is 0 Å². The lowest BCUT2D eigenvalue weighted by atomic mass is 10.1. The molecule has 0 aliphatic heterocycles. The summed E-state index contributed by atoms with van der Waals surface area (Å²) in [5.41, 5.74) is -0.0669. The molecule has 0 atom stereocenters. The summed E-state index contributed by atoms with van der Waals surface area (Å²) in [6, 6.07) is 4.42. The zero-order chi connectivity index (χ0) is 28.7. The number of carbonyl (C=O) groups is 1. The van der Waals surface area contributed by atoms with Gasteiger partial charge in [-0.3, -0.25) is 0 Å². The Balaban J connectivity index is -0.000000552. The summed E-state index contributed by atoms with van der Waals surface area (Å²) in [6.07, 6.45) is -12.8. The number of aldehydes is 1. The number of hydrogen-bond acceptors (Lipinski definition) is 5. The molecule has 2 aromatic rings. The van der Waals surface area contributed by atoms with Crippen molar-refractivity contribution in [1.82, 2.24) is 9.97 Å². The minimum absolute atomic E-state index is 0. The van der Waals surface area contributed by atoms with Crippen molar-refractivity contribution in [1.29, 1.82) is 0 Å². The van der Waals surface area contributed by atoms with Crippen LogP contribution in [0, 0.1) is 13.8 Å². The molecule has 0 spiro atoms. The number of nitrogens with zero attached hydrogens (tertiary/aromatic N) is 2. The SMILES string of the molecule is C.CC.CC=O.Cc1ccc(C(F)(F)F)c(Cl)c1.Cc1nc(OCC(F)(F)F)cc(OCC(F)(F)F)n1. The number of rotatable bonds is 4. The van der Waals surface area contributed by atoms with Crippen LogP contribution in [0.1, 0.15) is 45.1 Å². The fourth-order valence-electron chi connectivity index (χ4n) is 1.82. The third-order valence-corrected chi connectivity index (χ3v) is 3.30. The zero-order valence-corrected chi connectivity index (χ0v) is 20.5. The Morgan fingerprint density at radius 1 is 0.838 bits per heavy atom. The summed E-state index contributed by atoms with van der Waals surface area (Å²) in [5, 5.41) is -0.248. The second-order valence-electron chi connectivity index (χ2n) is 6.12. The van der Waals surface area contributed by atoms with E-state index in [1.54, 1.807) is 6.92 Å². The lowest BCUT2D eigenvalue weighted by Gasteiger charge is -2.11. The number of carbonyl (C=O) groups excluding carboxylic acids is 1.